The van der Waals surface area contributed by atoms with Crippen LogP contribution in [-0.2, 0) is 0 Å². The Hall–Kier alpha value is -2.46. The summed E-state index contributed by atoms with van der Waals surface area (Å²) in [6.45, 7) is -0.512. The van der Waals surface area contributed by atoms with Gasteiger partial charge in [0.15, 0.2) is 0 Å². The first-order chi connectivity index (χ1) is 9.45. The maximum absolute atomic E-state index is 13.9. The van der Waals surface area contributed by atoms with Gasteiger partial charge in [-0.15, -0.1) is 0 Å². The quantitative estimate of drug-likeness (QED) is 0.631. The molecule has 20 heavy (non-hydrogen) atoms. The fourth-order valence-electron chi connectivity index (χ4n) is 1.45. The van der Waals surface area contributed by atoms with Gasteiger partial charge in [-0.2, -0.15) is 9.37 Å². The van der Waals surface area contributed by atoms with Crippen LogP contribution >= 0.6 is 0 Å². The molecule has 1 heterocycles. The number of nitro benzene ring substituents is 1. The maximum atomic E-state index is 13.9. The summed E-state index contributed by atoms with van der Waals surface area (Å²) >= 11 is 0. The van der Waals surface area contributed by atoms with Gasteiger partial charge in [-0.05, 0) is 6.07 Å². The van der Waals surface area contributed by atoms with E-state index in [1.807, 2.05) is 0 Å². The Morgan fingerprint density at radius 2 is 2.20 bits per heavy atom. The minimum Gasteiger partial charge on any atom is -0.394 e. The number of halogens is 2. The van der Waals surface area contributed by atoms with Crippen LogP contribution in [0.15, 0.2) is 16.7 Å². The minimum atomic E-state index is -1.42. The number of hydrogen-bond acceptors (Lipinski definition) is 7. The summed E-state index contributed by atoms with van der Waals surface area (Å²) in [5, 5.41) is 22.7. The number of nitrogens with two attached hydrogens (primary N) is 1. The first kappa shape index (κ1) is 14.0. The summed E-state index contributed by atoms with van der Waals surface area (Å²) in [7, 11) is 0. The molecule has 1 aromatic heterocycles. The molecule has 0 bridgehead atoms. The summed E-state index contributed by atoms with van der Waals surface area (Å²) in [5.74, 6) is -3.27. The fourth-order valence-corrected chi connectivity index (χ4v) is 1.45. The van der Waals surface area contributed by atoms with Gasteiger partial charge in [0.05, 0.1) is 11.5 Å². The van der Waals surface area contributed by atoms with Gasteiger partial charge in [-0.25, -0.2) is 4.39 Å². The lowest BCUT2D eigenvalue weighted by molar-refractivity contribution is -0.387. The van der Waals surface area contributed by atoms with Crippen molar-refractivity contribution in [3.63, 3.8) is 0 Å². The number of benzene rings is 1. The van der Waals surface area contributed by atoms with E-state index < -0.39 is 46.3 Å². The van der Waals surface area contributed by atoms with Crippen molar-refractivity contribution in [2.45, 2.75) is 6.04 Å². The van der Waals surface area contributed by atoms with Crippen LogP contribution in [-0.4, -0.2) is 26.8 Å². The van der Waals surface area contributed by atoms with Crippen LogP contribution < -0.4 is 5.73 Å². The normalized spacial score (nSPS) is 12.4. The van der Waals surface area contributed by atoms with Crippen LogP contribution in [0.1, 0.15) is 11.9 Å². The molecule has 0 aliphatic heterocycles. The number of rotatable bonds is 4. The molecular weight excluding hydrogens is 278 g/mol. The smallest absolute Gasteiger partial charge is 0.305 e. The molecule has 0 saturated heterocycles. The lowest BCUT2D eigenvalue weighted by Crippen LogP contribution is -2.14. The number of aliphatic hydroxyl groups is 1. The van der Waals surface area contributed by atoms with Crippen molar-refractivity contribution in [1.29, 1.82) is 0 Å². The Morgan fingerprint density at radius 1 is 1.50 bits per heavy atom. The second kappa shape index (κ2) is 5.27. The molecule has 0 aliphatic carbocycles. The monoisotopic (exact) mass is 286 g/mol. The van der Waals surface area contributed by atoms with Gasteiger partial charge in [-0.1, -0.05) is 5.16 Å². The molecule has 106 valence electrons. The van der Waals surface area contributed by atoms with E-state index in [1.165, 1.54) is 0 Å². The van der Waals surface area contributed by atoms with Crippen molar-refractivity contribution in [2.24, 2.45) is 5.73 Å². The molecule has 0 spiro atoms. The van der Waals surface area contributed by atoms with Crippen molar-refractivity contribution in [3.05, 3.63) is 39.8 Å². The lowest BCUT2D eigenvalue weighted by atomic mass is 10.1. The predicted octanol–water partition coefficient (Wildman–Crippen LogP) is 0.915. The molecule has 0 unspecified atom stereocenters. The highest BCUT2D eigenvalue weighted by molar-refractivity contribution is 5.61. The molecule has 0 radical (unpaired) electrons. The van der Waals surface area contributed by atoms with E-state index in [0.717, 1.165) is 6.07 Å². The van der Waals surface area contributed by atoms with Crippen molar-refractivity contribution in [1.82, 2.24) is 10.1 Å². The Bertz CT molecular complexity index is 661. The van der Waals surface area contributed by atoms with E-state index >= 15 is 0 Å². The highest BCUT2D eigenvalue weighted by Gasteiger charge is 2.26. The first-order valence-corrected chi connectivity index (χ1v) is 5.28. The van der Waals surface area contributed by atoms with Crippen LogP contribution in [0, 0.1) is 21.7 Å². The Morgan fingerprint density at radius 3 is 2.80 bits per heavy atom. The van der Waals surface area contributed by atoms with Crippen molar-refractivity contribution in [2.75, 3.05) is 6.61 Å². The zero-order valence-corrected chi connectivity index (χ0v) is 9.79. The van der Waals surface area contributed by atoms with E-state index in [4.69, 9.17) is 10.8 Å². The fraction of sp³-hybridized carbons (Fsp3) is 0.200. The zero-order chi connectivity index (χ0) is 14.9. The van der Waals surface area contributed by atoms with Gasteiger partial charge < -0.3 is 15.4 Å². The van der Waals surface area contributed by atoms with Crippen LogP contribution in [0.4, 0.5) is 14.5 Å². The lowest BCUT2D eigenvalue weighted by Gasteiger charge is -2.01. The third kappa shape index (κ3) is 2.33. The van der Waals surface area contributed by atoms with Crippen molar-refractivity contribution < 1.29 is 23.3 Å². The van der Waals surface area contributed by atoms with Gasteiger partial charge in [0.1, 0.15) is 17.4 Å². The largest absolute Gasteiger partial charge is 0.394 e. The standard InChI is InChI=1S/C10H8F2N4O4/c11-4-1-2-6(16(18)19)8(12)7(4)9-14-10(20-15-9)5(13)3-17/h1-2,5,17H,3,13H2/t5-/m0/s1. The number of nitro groups is 1. The van der Waals surface area contributed by atoms with Crippen LogP contribution in [0.25, 0.3) is 11.4 Å². The number of aliphatic hydroxyl groups excluding tert-OH is 1. The summed E-state index contributed by atoms with van der Waals surface area (Å²) in [6.07, 6.45) is 0. The minimum absolute atomic E-state index is 0.243. The van der Waals surface area contributed by atoms with Gasteiger partial charge in [0.25, 0.3) is 0 Å². The van der Waals surface area contributed by atoms with Crippen molar-refractivity contribution in [3.8, 4) is 11.4 Å². The third-order valence-corrected chi connectivity index (χ3v) is 2.45. The van der Waals surface area contributed by atoms with Gasteiger partial charge in [-0.3, -0.25) is 10.1 Å². The van der Waals surface area contributed by atoms with E-state index in [9.17, 15) is 18.9 Å². The molecule has 1 atom stereocenters. The highest BCUT2D eigenvalue weighted by atomic mass is 19.1. The number of nitrogens with zero attached hydrogens (tertiary/aromatic N) is 3. The van der Waals surface area contributed by atoms with E-state index in [2.05, 4.69) is 14.7 Å². The second-order valence-electron chi connectivity index (χ2n) is 3.76. The average Bonchev–Trinajstić information content (AvgIpc) is 2.87. The zero-order valence-electron chi connectivity index (χ0n) is 9.79. The molecule has 0 saturated carbocycles. The molecule has 0 aliphatic rings. The SMILES string of the molecule is N[C@@H](CO)c1nc(-c2c(F)ccc([N+](=O)[O-])c2F)no1. The maximum Gasteiger partial charge on any atom is 0.305 e. The highest BCUT2D eigenvalue weighted by Crippen LogP contribution is 2.30. The van der Waals surface area contributed by atoms with Crippen LogP contribution in [0.5, 0.6) is 0 Å². The molecule has 0 amide bonds. The molecule has 3 N–H and O–H groups in total. The van der Waals surface area contributed by atoms with Gasteiger partial charge in [0, 0.05) is 6.07 Å². The van der Waals surface area contributed by atoms with Crippen LogP contribution in [0.2, 0.25) is 0 Å². The first-order valence-electron chi connectivity index (χ1n) is 5.28. The van der Waals surface area contributed by atoms with E-state index in [1.54, 1.807) is 0 Å². The summed E-state index contributed by atoms with van der Waals surface area (Å²) in [4.78, 5) is 13.2. The Labute approximate surface area is 110 Å². The molecule has 10 heteroatoms. The molecule has 1 aromatic carbocycles. The third-order valence-electron chi connectivity index (χ3n) is 2.45. The van der Waals surface area contributed by atoms with Crippen molar-refractivity contribution >= 4 is 5.69 Å². The van der Waals surface area contributed by atoms with Gasteiger partial charge >= 0.3 is 5.69 Å². The Kier molecular flexibility index (Phi) is 3.68. The molecule has 0 fully saturated rings. The molecule has 2 aromatic rings. The number of aromatic nitrogens is 2. The second-order valence-corrected chi connectivity index (χ2v) is 3.76. The molecular formula is C10H8F2N4O4. The number of hydrogen-bond donors (Lipinski definition) is 2. The molecule has 8 nitrogen and oxygen atoms in total. The average molecular weight is 286 g/mol. The Balaban J connectivity index is 2.55. The summed E-state index contributed by atoms with van der Waals surface area (Å²) < 4.78 is 32.1. The van der Waals surface area contributed by atoms with Gasteiger partial charge in [0.2, 0.25) is 17.5 Å². The molecule has 2 rings (SSSR count). The predicted molar refractivity (Wildman–Crippen MR) is 60.3 cm³/mol. The van der Waals surface area contributed by atoms with E-state index in [-0.39, 0.29) is 5.89 Å². The topological polar surface area (TPSA) is 128 Å². The van der Waals surface area contributed by atoms with E-state index in [0.29, 0.717) is 6.07 Å². The summed E-state index contributed by atoms with van der Waals surface area (Å²) in [5.41, 5.74) is 3.69. The van der Waals surface area contributed by atoms with Crippen LogP contribution in [0.3, 0.4) is 0 Å². The summed E-state index contributed by atoms with van der Waals surface area (Å²) in [6, 6.07) is 0.397.